The van der Waals surface area contributed by atoms with Gasteiger partial charge < -0.3 is 10.1 Å². The lowest BCUT2D eigenvalue weighted by Crippen LogP contribution is -2.32. The summed E-state index contributed by atoms with van der Waals surface area (Å²) in [6.07, 6.45) is 6.50. The normalized spacial score (nSPS) is 10.3. The second kappa shape index (κ2) is 9.97. The lowest BCUT2D eigenvalue weighted by molar-refractivity contribution is -0.136. The van der Waals surface area contributed by atoms with E-state index in [0.717, 1.165) is 4.47 Å². The van der Waals surface area contributed by atoms with Gasteiger partial charge in [0.05, 0.1) is 21.9 Å². The molecule has 2 aromatic rings. The van der Waals surface area contributed by atoms with E-state index in [9.17, 15) is 9.59 Å². The van der Waals surface area contributed by atoms with Crippen molar-refractivity contribution in [2.24, 2.45) is 5.10 Å². The fourth-order valence-electron chi connectivity index (χ4n) is 1.86. The lowest BCUT2D eigenvalue weighted by Gasteiger charge is -2.08. The van der Waals surface area contributed by atoms with E-state index in [1.807, 2.05) is 0 Å². The maximum atomic E-state index is 11.9. The molecule has 0 aliphatic heterocycles. The molecule has 0 atom stereocenters. The van der Waals surface area contributed by atoms with Gasteiger partial charge in [-0.1, -0.05) is 51.1 Å². The predicted molar refractivity (Wildman–Crippen MR) is 109 cm³/mol. The highest BCUT2D eigenvalue weighted by Crippen LogP contribution is 2.29. The van der Waals surface area contributed by atoms with Crippen molar-refractivity contribution in [3.8, 4) is 18.1 Å². The first-order valence-electron chi connectivity index (χ1n) is 7.36. The number of terminal acetylenes is 1. The zero-order valence-electron chi connectivity index (χ0n) is 13.6. The Hall–Kier alpha value is -2.53. The highest BCUT2D eigenvalue weighted by molar-refractivity contribution is 9.10. The van der Waals surface area contributed by atoms with Crippen molar-refractivity contribution in [2.45, 2.75) is 0 Å². The first-order valence-corrected chi connectivity index (χ1v) is 8.91. The number of carbonyl (C=O) groups excluding carboxylic acids is 2. The lowest BCUT2D eigenvalue weighted by atomic mass is 10.2. The molecule has 6 nitrogen and oxygen atoms in total. The Morgan fingerprint density at radius 2 is 2.04 bits per heavy atom. The topological polar surface area (TPSA) is 79.8 Å². The summed E-state index contributed by atoms with van der Waals surface area (Å²) in [6.45, 7) is 0.0810. The third kappa shape index (κ3) is 6.00. The van der Waals surface area contributed by atoms with Crippen LogP contribution in [0.25, 0.3) is 0 Å². The molecule has 0 aliphatic rings. The van der Waals surface area contributed by atoms with E-state index in [1.165, 1.54) is 12.3 Å². The van der Waals surface area contributed by atoms with Crippen LogP contribution in [0, 0.1) is 12.3 Å². The Balaban J connectivity index is 2.02. The van der Waals surface area contributed by atoms with Crippen LogP contribution in [0.15, 0.2) is 46.0 Å². The van der Waals surface area contributed by atoms with Crippen LogP contribution in [0.2, 0.25) is 10.0 Å². The minimum atomic E-state index is -0.983. The largest absolute Gasteiger partial charge is 0.480 e. The molecule has 0 bridgehead atoms. The third-order valence-electron chi connectivity index (χ3n) is 3.06. The van der Waals surface area contributed by atoms with Crippen LogP contribution in [-0.4, -0.2) is 24.6 Å². The minimum Gasteiger partial charge on any atom is -0.480 e. The van der Waals surface area contributed by atoms with Crippen LogP contribution < -0.4 is 15.5 Å². The molecule has 0 radical (unpaired) electrons. The van der Waals surface area contributed by atoms with E-state index in [1.54, 1.807) is 30.3 Å². The molecule has 0 aromatic heterocycles. The van der Waals surface area contributed by atoms with Crippen LogP contribution in [0.3, 0.4) is 0 Å². The summed E-state index contributed by atoms with van der Waals surface area (Å²) in [5.41, 5.74) is 2.89. The van der Waals surface area contributed by atoms with E-state index in [0.29, 0.717) is 11.3 Å². The molecule has 0 heterocycles. The number of rotatable bonds is 5. The summed E-state index contributed by atoms with van der Waals surface area (Å²) in [5, 5.41) is 6.49. The molecular weight excluding hydrogens is 457 g/mol. The summed E-state index contributed by atoms with van der Waals surface area (Å²) >= 11 is 15.1. The molecule has 2 aromatic carbocycles. The van der Waals surface area contributed by atoms with Crippen molar-refractivity contribution in [3.05, 3.63) is 56.5 Å². The number of hydrogen-bond donors (Lipinski definition) is 2. The molecular formula is C18H12BrCl2N3O3. The maximum absolute atomic E-state index is 11.9. The van der Waals surface area contributed by atoms with Gasteiger partial charge in [-0.25, -0.2) is 5.43 Å². The average molecular weight is 469 g/mol. The van der Waals surface area contributed by atoms with Gasteiger partial charge in [-0.3, -0.25) is 9.59 Å². The second-order valence-corrected chi connectivity index (χ2v) is 6.63. The van der Waals surface area contributed by atoms with Crippen LogP contribution in [0.1, 0.15) is 5.56 Å². The Kier molecular flexibility index (Phi) is 7.67. The molecule has 0 saturated heterocycles. The number of anilines is 1. The van der Waals surface area contributed by atoms with E-state index in [2.05, 4.69) is 37.7 Å². The van der Waals surface area contributed by atoms with Crippen LogP contribution in [0.5, 0.6) is 5.75 Å². The van der Waals surface area contributed by atoms with Crippen molar-refractivity contribution < 1.29 is 14.3 Å². The quantitative estimate of drug-likeness (QED) is 0.302. The number of benzene rings is 2. The predicted octanol–water partition coefficient (Wildman–Crippen LogP) is 3.86. The van der Waals surface area contributed by atoms with Crippen molar-refractivity contribution in [3.63, 3.8) is 0 Å². The summed E-state index contributed by atoms with van der Waals surface area (Å²) in [5.74, 6) is 0.901. The van der Waals surface area contributed by atoms with Gasteiger partial charge in [0.1, 0.15) is 12.4 Å². The number of carbonyl (C=O) groups is 2. The number of nitrogens with one attached hydrogen (secondary N) is 2. The van der Waals surface area contributed by atoms with E-state index in [4.69, 9.17) is 34.4 Å². The molecule has 0 saturated carbocycles. The minimum absolute atomic E-state index is 0.0810. The summed E-state index contributed by atoms with van der Waals surface area (Å²) < 4.78 is 6.16. The fourth-order valence-corrected chi connectivity index (χ4v) is 2.59. The molecule has 2 rings (SSSR count). The monoisotopic (exact) mass is 467 g/mol. The van der Waals surface area contributed by atoms with Gasteiger partial charge >= 0.3 is 11.8 Å². The van der Waals surface area contributed by atoms with Crippen LogP contribution in [0.4, 0.5) is 5.69 Å². The summed E-state index contributed by atoms with van der Waals surface area (Å²) in [7, 11) is 0. The second-order valence-electron chi connectivity index (χ2n) is 4.93. The van der Waals surface area contributed by atoms with Gasteiger partial charge in [0.2, 0.25) is 0 Å². The number of amides is 2. The third-order valence-corrected chi connectivity index (χ3v) is 4.37. The van der Waals surface area contributed by atoms with Gasteiger partial charge in [-0.15, -0.1) is 6.42 Å². The molecule has 27 heavy (non-hydrogen) atoms. The van der Waals surface area contributed by atoms with Gasteiger partial charge in [0.15, 0.2) is 0 Å². The highest BCUT2D eigenvalue weighted by Gasteiger charge is 2.15. The molecule has 0 unspecified atom stereocenters. The standard InChI is InChI=1S/C18H12BrCl2N3O3/c1-2-8-27-15-7-6-12(19)9-11(15)10-22-24-18(26)17(25)23-14-5-3-4-13(20)16(14)21/h1,3-7,9-10H,8H2,(H,23,25)(H,24,26)/b22-10-. The maximum Gasteiger partial charge on any atom is 0.329 e. The average Bonchev–Trinajstić information content (AvgIpc) is 2.64. The molecule has 0 aliphatic carbocycles. The molecule has 0 fully saturated rings. The first kappa shape index (κ1) is 20.8. The number of nitrogens with zero attached hydrogens (tertiary/aromatic N) is 1. The van der Waals surface area contributed by atoms with Crippen molar-refractivity contribution in [1.82, 2.24) is 5.43 Å². The van der Waals surface area contributed by atoms with Crippen molar-refractivity contribution in [2.75, 3.05) is 11.9 Å². The van der Waals surface area contributed by atoms with Gasteiger partial charge in [-0.2, -0.15) is 5.10 Å². The molecule has 0 spiro atoms. The zero-order valence-corrected chi connectivity index (χ0v) is 16.7. The molecule has 138 valence electrons. The fraction of sp³-hybridized carbons (Fsp3) is 0.0556. The zero-order chi connectivity index (χ0) is 19.8. The Morgan fingerprint density at radius 1 is 1.26 bits per heavy atom. The van der Waals surface area contributed by atoms with Gasteiger partial charge in [-0.05, 0) is 30.3 Å². The number of halogens is 3. The number of hydrogen-bond acceptors (Lipinski definition) is 4. The summed E-state index contributed by atoms with van der Waals surface area (Å²) in [6, 6.07) is 9.83. The molecule has 2 N–H and O–H groups in total. The number of hydrazone groups is 1. The van der Waals surface area contributed by atoms with Crippen molar-refractivity contribution in [1.29, 1.82) is 0 Å². The smallest absolute Gasteiger partial charge is 0.329 e. The van der Waals surface area contributed by atoms with Crippen LogP contribution in [-0.2, 0) is 9.59 Å². The first-order chi connectivity index (χ1) is 12.9. The van der Waals surface area contributed by atoms with E-state index >= 15 is 0 Å². The molecule has 9 heteroatoms. The Labute approximate surface area is 174 Å². The Morgan fingerprint density at radius 3 is 2.78 bits per heavy atom. The highest BCUT2D eigenvalue weighted by atomic mass is 79.9. The van der Waals surface area contributed by atoms with Gasteiger partial charge in [0, 0.05) is 10.0 Å². The van der Waals surface area contributed by atoms with E-state index in [-0.39, 0.29) is 22.3 Å². The SMILES string of the molecule is C#CCOc1ccc(Br)cc1/C=N\NC(=O)C(=O)Nc1cccc(Cl)c1Cl. The summed E-state index contributed by atoms with van der Waals surface area (Å²) in [4.78, 5) is 23.8. The molecule has 2 amide bonds. The van der Waals surface area contributed by atoms with E-state index < -0.39 is 11.8 Å². The number of ether oxygens (including phenoxy) is 1. The van der Waals surface area contributed by atoms with Crippen molar-refractivity contribution >= 4 is 62.8 Å². The Bertz CT molecular complexity index is 942. The van der Waals surface area contributed by atoms with Crippen LogP contribution >= 0.6 is 39.1 Å². The van der Waals surface area contributed by atoms with Gasteiger partial charge in [0.25, 0.3) is 0 Å².